The SMILES string of the molecule is CC#Cc1ccccc1Nc1cccc2c1C(=O)NC2=O. The third kappa shape index (κ3) is 2.26. The molecule has 0 atom stereocenters. The zero-order chi connectivity index (χ0) is 14.8. The highest BCUT2D eigenvalue weighted by atomic mass is 16.2. The minimum atomic E-state index is -0.378. The van der Waals surface area contributed by atoms with Crippen molar-refractivity contribution < 1.29 is 9.59 Å². The van der Waals surface area contributed by atoms with Gasteiger partial charge in [0.15, 0.2) is 0 Å². The van der Waals surface area contributed by atoms with Crippen LogP contribution in [0.2, 0.25) is 0 Å². The predicted octanol–water partition coefficient (Wildman–Crippen LogP) is 2.69. The number of nitrogens with one attached hydrogen (secondary N) is 2. The Morgan fingerprint density at radius 2 is 1.71 bits per heavy atom. The van der Waals surface area contributed by atoms with Gasteiger partial charge in [-0.1, -0.05) is 24.1 Å². The number of carbonyl (C=O) groups excluding carboxylic acids is 2. The van der Waals surface area contributed by atoms with E-state index < -0.39 is 0 Å². The van der Waals surface area contributed by atoms with Crippen LogP contribution in [-0.2, 0) is 0 Å². The fourth-order valence-corrected chi connectivity index (χ4v) is 2.30. The van der Waals surface area contributed by atoms with Crippen molar-refractivity contribution in [1.82, 2.24) is 5.32 Å². The number of rotatable bonds is 2. The van der Waals surface area contributed by atoms with Crippen molar-refractivity contribution in [3.05, 3.63) is 59.2 Å². The maximum atomic E-state index is 11.9. The van der Waals surface area contributed by atoms with E-state index in [-0.39, 0.29) is 11.8 Å². The summed E-state index contributed by atoms with van der Waals surface area (Å²) < 4.78 is 0. The smallest absolute Gasteiger partial charge is 0.261 e. The van der Waals surface area contributed by atoms with Crippen LogP contribution in [0.3, 0.4) is 0 Å². The maximum absolute atomic E-state index is 11.9. The van der Waals surface area contributed by atoms with Gasteiger partial charge in [0.1, 0.15) is 0 Å². The number of hydrogen-bond acceptors (Lipinski definition) is 3. The zero-order valence-corrected chi connectivity index (χ0v) is 11.4. The molecule has 1 aliphatic rings. The summed E-state index contributed by atoms with van der Waals surface area (Å²) in [6, 6.07) is 12.7. The van der Waals surface area contributed by atoms with Crippen molar-refractivity contribution in [2.75, 3.05) is 5.32 Å². The van der Waals surface area contributed by atoms with Crippen LogP contribution in [0.4, 0.5) is 11.4 Å². The normalized spacial score (nSPS) is 12.2. The minimum absolute atomic E-state index is 0.361. The van der Waals surface area contributed by atoms with Crippen molar-refractivity contribution in [2.24, 2.45) is 0 Å². The van der Waals surface area contributed by atoms with Gasteiger partial charge in [0.2, 0.25) is 0 Å². The highest BCUT2D eigenvalue weighted by Crippen LogP contribution is 2.28. The molecule has 0 aromatic heterocycles. The Hall–Kier alpha value is -3.06. The first-order valence-electron chi connectivity index (χ1n) is 6.48. The van der Waals surface area contributed by atoms with E-state index in [1.54, 1.807) is 25.1 Å². The number of para-hydroxylation sites is 1. The average Bonchev–Trinajstić information content (AvgIpc) is 2.77. The fourth-order valence-electron chi connectivity index (χ4n) is 2.30. The number of fused-ring (bicyclic) bond motifs is 1. The summed E-state index contributed by atoms with van der Waals surface area (Å²) in [7, 11) is 0. The van der Waals surface area contributed by atoms with Crippen LogP contribution in [0.5, 0.6) is 0 Å². The van der Waals surface area contributed by atoms with E-state index in [2.05, 4.69) is 22.5 Å². The Kier molecular flexibility index (Phi) is 3.17. The van der Waals surface area contributed by atoms with E-state index >= 15 is 0 Å². The molecule has 0 bridgehead atoms. The molecule has 4 nitrogen and oxygen atoms in total. The minimum Gasteiger partial charge on any atom is -0.354 e. The maximum Gasteiger partial charge on any atom is 0.261 e. The number of anilines is 2. The molecule has 2 amide bonds. The molecular weight excluding hydrogens is 264 g/mol. The second kappa shape index (κ2) is 5.14. The molecule has 0 saturated heterocycles. The highest BCUT2D eigenvalue weighted by molar-refractivity contribution is 6.24. The third-order valence-electron chi connectivity index (χ3n) is 3.22. The van der Waals surface area contributed by atoms with Gasteiger partial charge in [0.05, 0.1) is 22.5 Å². The first kappa shape index (κ1) is 12.9. The van der Waals surface area contributed by atoms with Crippen LogP contribution in [0.25, 0.3) is 0 Å². The largest absolute Gasteiger partial charge is 0.354 e. The Bertz CT molecular complexity index is 813. The number of imide groups is 1. The second-order valence-electron chi connectivity index (χ2n) is 4.56. The third-order valence-corrected chi connectivity index (χ3v) is 3.22. The van der Waals surface area contributed by atoms with Crippen molar-refractivity contribution in [3.8, 4) is 11.8 Å². The Balaban J connectivity index is 2.06. The summed E-state index contributed by atoms with van der Waals surface area (Å²) in [5.41, 5.74) is 3.00. The van der Waals surface area contributed by atoms with Gasteiger partial charge in [0, 0.05) is 5.56 Å². The van der Waals surface area contributed by atoms with Gasteiger partial charge < -0.3 is 5.32 Å². The first-order chi connectivity index (χ1) is 10.2. The van der Waals surface area contributed by atoms with Gasteiger partial charge in [-0.05, 0) is 31.2 Å². The molecule has 0 aliphatic carbocycles. The molecule has 2 N–H and O–H groups in total. The summed E-state index contributed by atoms with van der Waals surface area (Å²) in [6.45, 7) is 1.77. The lowest BCUT2D eigenvalue weighted by Crippen LogP contribution is -2.20. The number of benzene rings is 2. The quantitative estimate of drug-likeness (QED) is 0.655. The molecular formula is C17H12N2O2. The number of hydrogen-bond donors (Lipinski definition) is 2. The summed E-state index contributed by atoms with van der Waals surface area (Å²) >= 11 is 0. The van der Waals surface area contributed by atoms with Crippen molar-refractivity contribution in [2.45, 2.75) is 6.92 Å². The molecule has 2 aromatic carbocycles. The zero-order valence-electron chi connectivity index (χ0n) is 11.4. The molecule has 1 aliphatic heterocycles. The summed E-state index contributed by atoms with van der Waals surface area (Å²) in [5, 5.41) is 5.50. The van der Waals surface area contributed by atoms with Crippen LogP contribution in [0.1, 0.15) is 33.2 Å². The lowest BCUT2D eigenvalue weighted by atomic mass is 10.1. The van der Waals surface area contributed by atoms with E-state index in [0.29, 0.717) is 16.8 Å². The Labute approximate surface area is 122 Å². The van der Waals surface area contributed by atoms with Gasteiger partial charge in [-0.25, -0.2) is 0 Å². The predicted molar refractivity (Wildman–Crippen MR) is 80.5 cm³/mol. The van der Waals surface area contributed by atoms with E-state index in [1.807, 2.05) is 24.3 Å². The van der Waals surface area contributed by atoms with Crippen LogP contribution in [0.15, 0.2) is 42.5 Å². The Morgan fingerprint density at radius 1 is 0.952 bits per heavy atom. The van der Waals surface area contributed by atoms with E-state index in [4.69, 9.17) is 0 Å². The van der Waals surface area contributed by atoms with E-state index in [9.17, 15) is 9.59 Å². The highest BCUT2D eigenvalue weighted by Gasteiger charge is 2.29. The van der Waals surface area contributed by atoms with Crippen LogP contribution < -0.4 is 10.6 Å². The lowest BCUT2D eigenvalue weighted by molar-refractivity contribution is 0.0880. The van der Waals surface area contributed by atoms with Gasteiger partial charge in [0.25, 0.3) is 11.8 Å². The fraction of sp³-hybridized carbons (Fsp3) is 0.0588. The van der Waals surface area contributed by atoms with E-state index in [1.165, 1.54) is 0 Å². The molecule has 4 heteroatoms. The summed E-state index contributed by atoms with van der Waals surface area (Å²) in [6.07, 6.45) is 0. The van der Waals surface area contributed by atoms with Crippen LogP contribution >= 0.6 is 0 Å². The van der Waals surface area contributed by atoms with Crippen molar-refractivity contribution in [3.63, 3.8) is 0 Å². The molecule has 1 heterocycles. The first-order valence-corrected chi connectivity index (χ1v) is 6.48. The molecule has 0 unspecified atom stereocenters. The molecule has 0 saturated carbocycles. The van der Waals surface area contributed by atoms with Gasteiger partial charge in [-0.15, -0.1) is 5.92 Å². The van der Waals surface area contributed by atoms with E-state index in [0.717, 1.165) is 11.3 Å². The monoisotopic (exact) mass is 276 g/mol. The number of amides is 2. The molecule has 0 fully saturated rings. The second-order valence-corrected chi connectivity index (χ2v) is 4.56. The summed E-state index contributed by atoms with van der Waals surface area (Å²) in [5.74, 6) is 5.12. The average molecular weight is 276 g/mol. The van der Waals surface area contributed by atoms with Gasteiger partial charge >= 0.3 is 0 Å². The lowest BCUT2D eigenvalue weighted by Gasteiger charge is -2.11. The molecule has 102 valence electrons. The molecule has 0 radical (unpaired) electrons. The van der Waals surface area contributed by atoms with Crippen LogP contribution in [-0.4, -0.2) is 11.8 Å². The molecule has 3 rings (SSSR count). The van der Waals surface area contributed by atoms with Gasteiger partial charge in [-0.3, -0.25) is 14.9 Å². The molecule has 0 spiro atoms. The summed E-state index contributed by atoms with van der Waals surface area (Å²) in [4.78, 5) is 23.6. The Morgan fingerprint density at radius 3 is 2.52 bits per heavy atom. The molecule has 2 aromatic rings. The molecule has 21 heavy (non-hydrogen) atoms. The standard InChI is InChI=1S/C17H12N2O2/c1-2-6-11-7-3-4-9-13(11)18-14-10-5-8-12-15(14)17(21)19-16(12)20/h3-5,7-10,18H,1H3,(H,19,20,21). The number of carbonyl (C=O) groups is 2. The van der Waals surface area contributed by atoms with Gasteiger partial charge in [-0.2, -0.15) is 0 Å². The van der Waals surface area contributed by atoms with Crippen LogP contribution in [0, 0.1) is 11.8 Å². The van der Waals surface area contributed by atoms with Crippen molar-refractivity contribution >= 4 is 23.2 Å². The van der Waals surface area contributed by atoms with Crippen molar-refractivity contribution in [1.29, 1.82) is 0 Å². The topological polar surface area (TPSA) is 58.2 Å².